The van der Waals surface area contributed by atoms with E-state index in [2.05, 4.69) is 11.4 Å². The smallest absolute Gasteiger partial charge is 0.255 e. The van der Waals surface area contributed by atoms with Crippen LogP contribution < -0.4 is 5.32 Å². The van der Waals surface area contributed by atoms with E-state index in [1.807, 2.05) is 41.5 Å². The number of amides is 1. The molecule has 0 aliphatic carbocycles. The van der Waals surface area contributed by atoms with E-state index in [0.29, 0.717) is 5.56 Å². The van der Waals surface area contributed by atoms with Crippen LogP contribution in [-0.4, -0.2) is 11.0 Å². The summed E-state index contributed by atoms with van der Waals surface area (Å²) in [5.41, 5.74) is 2.31. The van der Waals surface area contributed by atoms with Gasteiger partial charge in [0, 0.05) is 22.4 Å². The van der Waals surface area contributed by atoms with Gasteiger partial charge in [-0.1, -0.05) is 53.7 Å². The molecule has 2 aromatic carbocycles. The maximum absolute atomic E-state index is 12.7. The van der Waals surface area contributed by atoms with Crippen LogP contribution in [0.25, 0.3) is 0 Å². The lowest BCUT2D eigenvalue weighted by Crippen LogP contribution is -2.20. The Hall–Kier alpha value is -2.29. The number of rotatable bonds is 2. The molecular weight excluding hydrogens is 298 g/mol. The predicted octanol–water partition coefficient (Wildman–Crippen LogP) is 5.04. The summed E-state index contributed by atoms with van der Waals surface area (Å²) < 4.78 is 0. The fourth-order valence-corrected chi connectivity index (χ4v) is 2.58. The van der Waals surface area contributed by atoms with Crippen LogP contribution in [0.15, 0.2) is 36.4 Å². The summed E-state index contributed by atoms with van der Waals surface area (Å²) in [5, 5.41) is 13.6. The summed E-state index contributed by atoms with van der Waals surface area (Å²) in [6.45, 7) is 12.2. The molecule has 0 aliphatic heterocycles. The molecule has 0 atom stereocenters. The second kappa shape index (κ2) is 6.31. The Bertz CT molecular complexity index is 700. The Morgan fingerprint density at radius 3 is 1.83 bits per heavy atom. The molecule has 0 bridgehead atoms. The first-order valence-corrected chi connectivity index (χ1v) is 8.15. The summed E-state index contributed by atoms with van der Waals surface area (Å²) in [6, 6.07) is 13.6. The molecule has 0 aliphatic rings. The van der Waals surface area contributed by atoms with Crippen LogP contribution in [0.2, 0.25) is 0 Å². The Morgan fingerprint density at radius 1 is 0.958 bits per heavy atom. The van der Waals surface area contributed by atoms with Crippen molar-refractivity contribution in [2.75, 3.05) is 5.32 Å². The molecule has 0 fully saturated rings. The minimum Gasteiger partial charge on any atom is -0.507 e. The molecule has 2 N–H and O–H groups in total. The van der Waals surface area contributed by atoms with Crippen molar-refractivity contribution in [1.29, 1.82) is 0 Å². The Kier molecular flexibility index (Phi) is 4.75. The van der Waals surface area contributed by atoms with Crippen molar-refractivity contribution in [2.45, 2.75) is 52.4 Å². The van der Waals surface area contributed by atoms with Crippen LogP contribution in [0, 0.1) is 6.07 Å². The third-order valence-electron chi connectivity index (χ3n) is 3.96. The first-order chi connectivity index (χ1) is 11.0. The second-order valence-corrected chi connectivity index (χ2v) is 8.16. The van der Waals surface area contributed by atoms with E-state index in [-0.39, 0.29) is 22.5 Å². The van der Waals surface area contributed by atoms with Gasteiger partial charge >= 0.3 is 0 Å². The Morgan fingerprint density at radius 2 is 1.42 bits per heavy atom. The Balaban J connectivity index is 2.52. The molecule has 1 radical (unpaired) electrons. The summed E-state index contributed by atoms with van der Waals surface area (Å²) in [6.07, 6.45) is 0. The largest absolute Gasteiger partial charge is 0.507 e. The van der Waals surface area contributed by atoms with Crippen molar-refractivity contribution >= 4 is 11.6 Å². The average Bonchev–Trinajstić information content (AvgIpc) is 2.46. The van der Waals surface area contributed by atoms with Gasteiger partial charge in [0.2, 0.25) is 0 Å². The van der Waals surface area contributed by atoms with E-state index in [4.69, 9.17) is 0 Å². The van der Waals surface area contributed by atoms with Gasteiger partial charge in [0.1, 0.15) is 5.75 Å². The summed E-state index contributed by atoms with van der Waals surface area (Å²) in [5.74, 6) is 0.0954. The standard InChI is InChI=1S/C21H26NO2/c1-20(2,3)16-12-14(13-17(18(16)23)21(4,5)6)19(24)22-15-10-8-7-9-11-15/h8-13,23H,1-6H3,(H,22,24). The lowest BCUT2D eigenvalue weighted by atomic mass is 9.78. The number of phenolic OH excluding ortho intramolecular Hbond substituents is 1. The highest BCUT2D eigenvalue weighted by atomic mass is 16.3. The van der Waals surface area contributed by atoms with Gasteiger partial charge in [-0.05, 0) is 41.2 Å². The van der Waals surface area contributed by atoms with E-state index in [0.717, 1.165) is 16.8 Å². The van der Waals surface area contributed by atoms with Crippen LogP contribution >= 0.6 is 0 Å². The van der Waals surface area contributed by atoms with Crippen LogP contribution in [-0.2, 0) is 10.8 Å². The van der Waals surface area contributed by atoms with Gasteiger partial charge in [0.25, 0.3) is 5.91 Å². The first-order valence-electron chi connectivity index (χ1n) is 8.15. The van der Waals surface area contributed by atoms with Gasteiger partial charge < -0.3 is 10.4 Å². The number of hydrogen-bond donors (Lipinski definition) is 2. The van der Waals surface area contributed by atoms with Gasteiger partial charge in [-0.15, -0.1) is 0 Å². The van der Waals surface area contributed by atoms with Gasteiger partial charge in [-0.2, -0.15) is 0 Å². The van der Waals surface area contributed by atoms with Gasteiger partial charge in [-0.25, -0.2) is 0 Å². The molecule has 127 valence electrons. The molecule has 2 rings (SSSR count). The normalized spacial score (nSPS) is 12.1. The lowest BCUT2D eigenvalue weighted by molar-refractivity contribution is 0.102. The molecule has 0 heterocycles. The molecule has 1 amide bonds. The zero-order valence-electron chi connectivity index (χ0n) is 15.3. The van der Waals surface area contributed by atoms with E-state index < -0.39 is 0 Å². The van der Waals surface area contributed by atoms with E-state index in [1.54, 1.807) is 36.4 Å². The number of aromatic hydroxyl groups is 1. The molecular formula is C21H26NO2. The minimum atomic E-state index is -0.262. The van der Waals surface area contributed by atoms with Crippen molar-refractivity contribution in [3.8, 4) is 5.75 Å². The number of nitrogens with one attached hydrogen (secondary N) is 1. The maximum Gasteiger partial charge on any atom is 0.255 e. The van der Waals surface area contributed by atoms with Crippen LogP contribution in [0.5, 0.6) is 5.75 Å². The number of carbonyl (C=O) groups is 1. The molecule has 2 aromatic rings. The number of carbonyl (C=O) groups excluding carboxylic acids is 1. The predicted molar refractivity (Wildman–Crippen MR) is 98.7 cm³/mol. The van der Waals surface area contributed by atoms with E-state index in [1.165, 1.54) is 0 Å². The lowest BCUT2D eigenvalue weighted by Gasteiger charge is -2.28. The molecule has 3 heteroatoms. The van der Waals surface area contributed by atoms with E-state index >= 15 is 0 Å². The summed E-state index contributed by atoms with van der Waals surface area (Å²) in [4.78, 5) is 12.7. The van der Waals surface area contributed by atoms with Crippen LogP contribution in [0.4, 0.5) is 5.69 Å². The van der Waals surface area contributed by atoms with Crippen LogP contribution in [0.1, 0.15) is 63.0 Å². The first kappa shape index (κ1) is 18.1. The molecule has 0 spiro atoms. The number of hydrogen-bond acceptors (Lipinski definition) is 2. The number of benzene rings is 2. The highest BCUT2D eigenvalue weighted by Crippen LogP contribution is 2.39. The average molecular weight is 324 g/mol. The fraction of sp³-hybridized carbons (Fsp3) is 0.381. The molecule has 0 saturated heterocycles. The zero-order valence-corrected chi connectivity index (χ0v) is 15.3. The van der Waals surface area contributed by atoms with Crippen LogP contribution in [0.3, 0.4) is 0 Å². The Labute approximate surface area is 144 Å². The van der Waals surface area contributed by atoms with Crippen molar-refractivity contribution in [3.05, 3.63) is 59.2 Å². The van der Waals surface area contributed by atoms with Crippen molar-refractivity contribution < 1.29 is 9.90 Å². The molecule has 24 heavy (non-hydrogen) atoms. The minimum absolute atomic E-state index is 0.183. The van der Waals surface area contributed by atoms with Crippen molar-refractivity contribution in [3.63, 3.8) is 0 Å². The zero-order chi connectivity index (χ0) is 18.1. The third kappa shape index (κ3) is 3.97. The van der Waals surface area contributed by atoms with Crippen molar-refractivity contribution in [1.82, 2.24) is 0 Å². The quantitative estimate of drug-likeness (QED) is 0.813. The third-order valence-corrected chi connectivity index (χ3v) is 3.96. The second-order valence-electron chi connectivity index (χ2n) is 8.16. The van der Waals surface area contributed by atoms with E-state index in [9.17, 15) is 9.90 Å². The molecule has 0 aromatic heterocycles. The van der Waals surface area contributed by atoms with Gasteiger partial charge in [0.05, 0.1) is 0 Å². The molecule has 0 saturated carbocycles. The van der Waals surface area contributed by atoms with Gasteiger partial charge in [-0.3, -0.25) is 4.79 Å². The summed E-state index contributed by atoms with van der Waals surface area (Å²) in [7, 11) is 0. The molecule has 0 unspecified atom stereocenters. The highest BCUT2D eigenvalue weighted by Gasteiger charge is 2.27. The SMILES string of the molecule is CC(C)(C)c1cc(C(=O)Nc2cc[c]cc2)cc(C(C)(C)C)c1O. The van der Waals surface area contributed by atoms with Gasteiger partial charge in [0.15, 0.2) is 0 Å². The molecule has 3 nitrogen and oxygen atoms in total. The topological polar surface area (TPSA) is 49.3 Å². The fourth-order valence-electron chi connectivity index (χ4n) is 2.58. The van der Waals surface area contributed by atoms with Crippen molar-refractivity contribution in [2.24, 2.45) is 0 Å². The number of anilines is 1. The summed E-state index contributed by atoms with van der Waals surface area (Å²) >= 11 is 0. The maximum atomic E-state index is 12.7. The monoisotopic (exact) mass is 324 g/mol. The highest BCUT2D eigenvalue weighted by molar-refractivity contribution is 6.04. The number of phenols is 1.